The molecule has 0 aliphatic rings. The largest absolute Gasteiger partial charge is 0.462 e. The molecule has 0 radical (unpaired) electrons. The summed E-state index contributed by atoms with van der Waals surface area (Å²) < 4.78 is 4.85. The minimum Gasteiger partial charge on any atom is -0.462 e. The van der Waals surface area contributed by atoms with Gasteiger partial charge in [0.25, 0.3) is 0 Å². The van der Waals surface area contributed by atoms with Crippen LogP contribution in [0.25, 0.3) is 0 Å². The fourth-order valence-electron chi connectivity index (χ4n) is 1.37. The van der Waals surface area contributed by atoms with Gasteiger partial charge in [-0.05, 0) is 25.1 Å². The molecule has 0 unspecified atom stereocenters. The van der Waals surface area contributed by atoms with Crippen molar-refractivity contribution in [3.8, 4) is 6.19 Å². The molecular weight excluding hydrogens is 256 g/mol. The maximum absolute atomic E-state index is 11.7. The lowest BCUT2D eigenvalue weighted by atomic mass is 10.1. The number of nitriles is 1. The number of rotatable bonds is 3. The van der Waals surface area contributed by atoms with Crippen LogP contribution in [0, 0.1) is 11.5 Å². The maximum Gasteiger partial charge on any atom is 0.340 e. The van der Waals surface area contributed by atoms with Crippen LogP contribution < -0.4 is 4.90 Å². The average Bonchev–Trinajstić information content (AvgIpc) is 2.29. The van der Waals surface area contributed by atoms with E-state index in [1.54, 1.807) is 13.1 Å². The Bertz CT molecular complexity index is 523. The van der Waals surface area contributed by atoms with E-state index in [4.69, 9.17) is 21.6 Å². The highest BCUT2D eigenvalue weighted by Gasteiger charge is 2.20. The van der Waals surface area contributed by atoms with Crippen molar-refractivity contribution in [3.05, 3.63) is 28.8 Å². The van der Waals surface area contributed by atoms with Gasteiger partial charge in [0, 0.05) is 11.9 Å². The van der Waals surface area contributed by atoms with Crippen LogP contribution in [0.4, 0.5) is 5.69 Å². The van der Waals surface area contributed by atoms with Crippen molar-refractivity contribution in [1.29, 1.82) is 5.26 Å². The topological polar surface area (TPSA) is 70.4 Å². The molecule has 18 heavy (non-hydrogen) atoms. The number of anilines is 1. The summed E-state index contributed by atoms with van der Waals surface area (Å²) in [5.74, 6) is -1.11. The number of halogens is 1. The maximum atomic E-state index is 11.7. The summed E-state index contributed by atoms with van der Waals surface area (Å²) in [5, 5.41) is 9.26. The summed E-state index contributed by atoms with van der Waals surface area (Å²) in [5.41, 5.74) is 0.244. The number of amides is 1. The quantitative estimate of drug-likeness (QED) is 0.478. The number of hydrogen-bond acceptors (Lipinski definition) is 4. The minimum absolute atomic E-state index is 0.121. The van der Waals surface area contributed by atoms with E-state index >= 15 is 0 Å². The second-order valence-corrected chi connectivity index (χ2v) is 3.77. The van der Waals surface area contributed by atoms with Crippen LogP contribution >= 0.6 is 11.6 Å². The zero-order valence-corrected chi connectivity index (χ0v) is 10.7. The van der Waals surface area contributed by atoms with Crippen molar-refractivity contribution < 1.29 is 14.3 Å². The smallest absolute Gasteiger partial charge is 0.340 e. The molecule has 1 aromatic rings. The summed E-state index contributed by atoms with van der Waals surface area (Å²) in [6.45, 7) is 3.09. The highest BCUT2D eigenvalue weighted by molar-refractivity contribution is 6.31. The third-order valence-electron chi connectivity index (χ3n) is 2.11. The highest BCUT2D eigenvalue weighted by Crippen LogP contribution is 2.25. The van der Waals surface area contributed by atoms with Crippen LogP contribution in [0.3, 0.4) is 0 Å². The molecule has 6 heteroatoms. The van der Waals surface area contributed by atoms with E-state index in [-0.39, 0.29) is 17.9 Å². The summed E-state index contributed by atoms with van der Waals surface area (Å²) in [6, 6.07) is 4.29. The fraction of sp³-hybridized carbons (Fsp3) is 0.250. The predicted octanol–water partition coefficient (Wildman–Crippen LogP) is 2.35. The lowest BCUT2D eigenvalue weighted by molar-refractivity contribution is -0.115. The molecule has 0 aliphatic carbocycles. The van der Waals surface area contributed by atoms with Gasteiger partial charge in [-0.25, -0.2) is 9.69 Å². The molecule has 5 nitrogen and oxygen atoms in total. The molecule has 0 fully saturated rings. The molecule has 0 aromatic heterocycles. The number of carbonyl (C=O) groups excluding carboxylic acids is 2. The Morgan fingerprint density at radius 2 is 2.17 bits per heavy atom. The molecule has 1 rings (SSSR count). The number of ether oxygens (including phenoxy) is 1. The van der Waals surface area contributed by atoms with Crippen molar-refractivity contribution in [2.75, 3.05) is 11.5 Å². The lowest BCUT2D eigenvalue weighted by Gasteiger charge is -2.15. The predicted molar refractivity (Wildman–Crippen MR) is 66.2 cm³/mol. The third-order valence-corrected chi connectivity index (χ3v) is 2.35. The zero-order chi connectivity index (χ0) is 13.7. The van der Waals surface area contributed by atoms with Gasteiger partial charge in [-0.2, -0.15) is 5.26 Å². The van der Waals surface area contributed by atoms with Gasteiger partial charge < -0.3 is 4.74 Å². The van der Waals surface area contributed by atoms with Crippen LogP contribution in [0.2, 0.25) is 5.02 Å². The van der Waals surface area contributed by atoms with Gasteiger partial charge in [0.2, 0.25) is 5.91 Å². The fourth-order valence-corrected chi connectivity index (χ4v) is 1.53. The molecule has 0 aliphatic heterocycles. The Balaban J connectivity index is 3.32. The van der Waals surface area contributed by atoms with Gasteiger partial charge >= 0.3 is 5.97 Å². The first-order valence-corrected chi connectivity index (χ1v) is 5.56. The van der Waals surface area contributed by atoms with Gasteiger partial charge in [0.05, 0.1) is 17.9 Å². The first kappa shape index (κ1) is 14.0. The van der Waals surface area contributed by atoms with Crippen LogP contribution in [0.5, 0.6) is 0 Å². The molecule has 0 spiro atoms. The summed E-state index contributed by atoms with van der Waals surface area (Å²) >= 11 is 5.80. The number of carbonyl (C=O) groups is 2. The minimum atomic E-state index is -0.606. The first-order chi connectivity index (χ1) is 8.51. The summed E-state index contributed by atoms with van der Waals surface area (Å²) in [6.07, 6.45) is 1.70. The zero-order valence-electron chi connectivity index (χ0n) is 9.94. The molecule has 0 saturated heterocycles. The highest BCUT2D eigenvalue weighted by atomic mass is 35.5. The molecular formula is C12H11ClN2O3. The Hall–Kier alpha value is -2.06. The van der Waals surface area contributed by atoms with Crippen LogP contribution in [-0.2, 0) is 9.53 Å². The van der Waals surface area contributed by atoms with Crippen molar-refractivity contribution >= 4 is 29.2 Å². The van der Waals surface area contributed by atoms with E-state index in [0.29, 0.717) is 5.02 Å². The molecule has 0 bridgehead atoms. The van der Waals surface area contributed by atoms with Gasteiger partial charge in [-0.1, -0.05) is 11.6 Å². The molecule has 94 valence electrons. The Morgan fingerprint density at radius 3 is 2.67 bits per heavy atom. The van der Waals surface area contributed by atoms with E-state index in [0.717, 1.165) is 4.90 Å². The Kier molecular flexibility index (Phi) is 4.69. The van der Waals surface area contributed by atoms with Crippen LogP contribution in [0.1, 0.15) is 24.2 Å². The van der Waals surface area contributed by atoms with Gasteiger partial charge in [0.15, 0.2) is 6.19 Å². The number of benzene rings is 1. The Labute approximate surface area is 110 Å². The first-order valence-electron chi connectivity index (χ1n) is 5.18. The normalized spacial score (nSPS) is 9.44. The van der Waals surface area contributed by atoms with E-state index < -0.39 is 11.9 Å². The lowest BCUT2D eigenvalue weighted by Crippen LogP contribution is -2.24. The van der Waals surface area contributed by atoms with E-state index in [1.807, 2.05) is 0 Å². The van der Waals surface area contributed by atoms with Crippen molar-refractivity contribution in [3.63, 3.8) is 0 Å². The standard InChI is InChI=1S/C12H11ClN2O3/c1-3-18-12(17)10-5-4-9(13)6-11(10)15(7-14)8(2)16/h4-6H,3H2,1-2H3. The second kappa shape index (κ2) is 6.03. The molecule has 0 heterocycles. The van der Waals surface area contributed by atoms with E-state index in [9.17, 15) is 9.59 Å². The van der Waals surface area contributed by atoms with Crippen LogP contribution in [0.15, 0.2) is 18.2 Å². The monoisotopic (exact) mass is 266 g/mol. The Morgan fingerprint density at radius 1 is 1.50 bits per heavy atom. The summed E-state index contributed by atoms with van der Waals surface area (Å²) in [4.78, 5) is 23.8. The molecule has 0 saturated carbocycles. The van der Waals surface area contributed by atoms with Gasteiger partial charge in [0.1, 0.15) is 0 Å². The van der Waals surface area contributed by atoms with Crippen LogP contribution in [-0.4, -0.2) is 18.5 Å². The second-order valence-electron chi connectivity index (χ2n) is 3.34. The van der Waals surface area contributed by atoms with E-state index in [1.165, 1.54) is 25.1 Å². The average molecular weight is 267 g/mol. The number of hydrogen-bond donors (Lipinski definition) is 0. The van der Waals surface area contributed by atoms with Gasteiger partial charge in [-0.3, -0.25) is 4.79 Å². The van der Waals surface area contributed by atoms with Crippen molar-refractivity contribution in [1.82, 2.24) is 0 Å². The van der Waals surface area contributed by atoms with Crippen molar-refractivity contribution in [2.45, 2.75) is 13.8 Å². The van der Waals surface area contributed by atoms with Gasteiger partial charge in [-0.15, -0.1) is 0 Å². The SMILES string of the molecule is CCOC(=O)c1ccc(Cl)cc1N(C#N)C(C)=O. The van der Waals surface area contributed by atoms with E-state index in [2.05, 4.69) is 0 Å². The molecule has 0 N–H and O–H groups in total. The molecule has 1 aromatic carbocycles. The van der Waals surface area contributed by atoms with Crippen molar-refractivity contribution in [2.24, 2.45) is 0 Å². The molecule has 1 amide bonds. The molecule has 0 atom stereocenters. The summed E-state index contributed by atoms with van der Waals surface area (Å²) in [7, 11) is 0. The number of esters is 1. The third kappa shape index (κ3) is 2.99. The number of nitrogens with zero attached hydrogens (tertiary/aromatic N) is 2.